The number of ether oxygens (including phenoxy) is 2. The zero-order valence-corrected chi connectivity index (χ0v) is 11.7. The molecule has 6 heteroatoms. The molecule has 1 aromatic heterocycles. The molecule has 0 aliphatic rings. The van der Waals surface area contributed by atoms with Gasteiger partial charge in [0, 0.05) is 12.3 Å². The second-order valence-corrected chi connectivity index (χ2v) is 4.26. The molecule has 6 nitrogen and oxygen atoms in total. The SMILES string of the molecule is CCCOc1ccccc1Oc1ccnc(C(N)=NO)c1. The summed E-state index contributed by atoms with van der Waals surface area (Å²) in [6.45, 7) is 2.65. The fraction of sp³-hybridized carbons (Fsp3) is 0.200. The molecule has 0 atom stereocenters. The molecule has 0 amide bonds. The summed E-state index contributed by atoms with van der Waals surface area (Å²) in [5.41, 5.74) is 5.84. The van der Waals surface area contributed by atoms with Gasteiger partial charge in [0.15, 0.2) is 17.3 Å². The standard InChI is InChI=1S/C15H17N3O3/c1-2-9-20-13-5-3-4-6-14(13)21-11-7-8-17-12(10-11)15(16)18-19/h3-8,10,19H,2,9H2,1H3,(H2,16,18). The average Bonchev–Trinajstić information content (AvgIpc) is 2.53. The first kappa shape index (κ1) is 14.6. The van der Waals surface area contributed by atoms with E-state index >= 15 is 0 Å². The molecule has 21 heavy (non-hydrogen) atoms. The summed E-state index contributed by atoms with van der Waals surface area (Å²) in [5.74, 6) is 1.72. The van der Waals surface area contributed by atoms with E-state index in [4.69, 9.17) is 20.4 Å². The fourth-order valence-corrected chi connectivity index (χ4v) is 1.66. The zero-order chi connectivity index (χ0) is 15.1. The Bertz CT molecular complexity index is 629. The lowest BCUT2D eigenvalue weighted by Gasteiger charge is -2.12. The van der Waals surface area contributed by atoms with Crippen LogP contribution in [0.1, 0.15) is 19.0 Å². The van der Waals surface area contributed by atoms with Crippen molar-refractivity contribution in [2.75, 3.05) is 6.61 Å². The van der Waals surface area contributed by atoms with Crippen molar-refractivity contribution < 1.29 is 14.7 Å². The van der Waals surface area contributed by atoms with E-state index < -0.39 is 0 Å². The van der Waals surface area contributed by atoms with Crippen LogP contribution in [0.25, 0.3) is 0 Å². The van der Waals surface area contributed by atoms with Gasteiger partial charge in [0.1, 0.15) is 11.4 Å². The number of hydrogen-bond donors (Lipinski definition) is 2. The van der Waals surface area contributed by atoms with Crippen molar-refractivity contribution in [2.24, 2.45) is 10.9 Å². The van der Waals surface area contributed by atoms with Crippen molar-refractivity contribution in [3.8, 4) is 17.2 Å². The lowest BCUT2D eigenvalue weighted by atomic mass is 10.3. The summed E-state index contributed by atoms with van der Waals surface area (Å²) in [7, 11) is 0. The van der Waals surface area contributed by atoms with E-state index in [2.05, 4.69) is 10.1 Å². The van der Waals surface area contributed by atoms with Gasteiger partial charge >= 0.3 is 0 Å². The van der Waals surface area contributed by atoms with Gasteiger partial charge in [-0.05, 0) is 24.6 Å². The van der Waals surface area contributed by atoms with Crippen molar-refractivity contribution in [3.63, 3.8) is 0 Å². The van der Waals surface area contributed by atoms with Gasteiger partial charge in [0.25, 0.3) is 0 Å². The number of para-hydroxylation sites is 2. The van der Waals surface area contributed by atoms with Gasteiger partial charge in [0.05, 0.1) is 6.61 Å². The number of nitrogens with two attached hydrogens (primary N) is 1. The maximum atomic E-state index is 8.67. The Labute approximate surface area is 122 Å². The molecule has 0 saturated heterocycles. The van der Waals surface area contributed by atoms with Crippen LogP contribution in [0, 0.1) is 0 Å². The van der Waals surface area contributed by atoms with Crippen LogP contribution in [0.3, 0.4) is 0 Å². The molecular weight excluding hydrogens is 270 g/mol. The summed E-state index contributed by atoms with van der Waals surface area (Å²) in [5, 5.41) is 11.6. The predicted molar refractivity (Wildman–Crippen MR) is 79.0 cm³/mol. The third kappa shape index (κ3) is 3.85. The van der Waals surface area contributed by atoms with Gasteiger partial charge in [-0.2, -0.15) is 0 Å². The zero-order valence-electron chi connectivity index (χ0n) is 11.7. The maximum absolute atomic E-state index is 8.67. The van der Waals surface area contributed by atoms with Crippen molar-refractivity contribution in [2.45, 2.75) is 13.3 Å². The number of aromatic nitrogens is 1. The Balaban J connectivity index is 2.22. The number of rotatable bonds is 6. The van der Waals surface area contributed by atoms with E-state index in [0.717, 1.165) is 6.42 Å². The van der Waals surface area contributed by atoms with Gasteiger partial charge in [-0.3, -0.25) is 4.98 Å². The topological polar surface area (TPSA) is 90.0 Å². The average molecular weight is 287 g/mol. The summed E-state index contributed by atoms with van der Waals surface area (Å²) in [6, 6.07) is 10.7. The van der Waals surface area contributed by atoms with Gasteiger partial charge in [0.2, 0.25) is 0 Å². The van der Waals surface area contributed by atoms with Crippen LogP contribution in [0.5, 0.6) is 17.2 Å². The Morgan fingerprint density at radius 3 is 2.76 bits per heavy atom. The number of hydrogen-bond acceptors (Lipinski definition) is 5. The highest BCUT2D eigenvalue weighted by Crippen LogP contribution is 2.31. The van der Waals surface area contributed by atoms with Crippen LogP contribution < -0.4 is 15.2 Å². The van der Waals surface area contributed by atoms with Crippen LogP contribution in [0.2, 0.25) is 0 Å². The summed E-state index contributed by atoms with van der Waals surface area (Å²) in [6.07, 6.45) is 2.44. The molecule has 0 fully saturated rings. The molecule has 3 N–H and O–H groups in total. The summed E-state index contributed by atoms with van der Waals surface area (Å²) < 4.78 is 11.4. The van der Waals surface area contributed by atoms with E-state index in [1.54, 1.807) is 12.1 Å². The molecule has 2 rings (SSSR count). The van der Waals surface area contributed by atoms with E-state index in [0.29, 0.717) is 29.5 Å². The van der Waals surface area contributed by atoms with Crippen molar-refractivity contribution in [3.05, 3.63) is 48.3 Å². The van der Waals surface area contributed by atoms with Crippen molar-refractivity contribution in [1.82, 2.24) is 4.98 Å². The highest BCUT2D eigenvalue weighted by molar-refractivity contribution is 5.95. The minimum absolute atomic E-state index is 0.0732. The number of pyridine rings is 1. The monoisotopic (exact) mass is 287 g/mol. The molecular formula is C15H17N3O3. The second-order valence-electron chi connectivity index (χ2n) is 4.26. The lowest BCUT2D eigenvalue weighted by molar-refractivity contribution is 0.302. The second kappa shape index (κ2) is 7.14. The van der Waals surface area contributed by atoms with Crippen LogP contribution in [-0.4, -0.2) is 22.6 Å². The van der Waals surface area contributed by atoms with E-state index in [9.17, 15) is 0 Å². The largest absolute Gasteiger partial charge is 0.490 e. The number of amidine groups is 1. The van der Waals surface area contributed by atoms with Gasteiger partial charge in [-0.1, -0.05) is 24.2 Å². The molecule has 0 radical (unpaired) electrons. The molecule has 1 heterocycles. The first-order chi connectivity index (χ1) is 10.2. The molecule has 2 aromatic rings. The Morgan fingerprint density at radius 2 is 2.05 bits per heavy atom. The first-order valence-corrected chi connectivity index (χ1v) is 6.58. The van der Waals surface area contributed by atoms with E-state index in [1.165, 1.54) is 6.20 Å². The smallest absolute Gasteiger partial charge is 0.188 e. The quantitative estimate of drug-likeness (QED) is 0.369. The van der Waals surface area contributed by atoms with Gasteiger partial charge < -0.3 is 20.4 Å². The molecule has 0 unspecified atom stereocenters. The van der Waals surface area contributed by atoms with Crippen LogP contribution in [0.15, 0.2) is 47.8 Å². The molecule has 0 aliphatic carbocycles. The number of benzene rings is 1. The number of nitrogens with zero attached hydrogens (tertiary/aromatic N) is 2. The summed E-state index contributed by atoms with van der Waals surface area (Å²) in [4.78, 5) is 4.00. The highest BCUT2D eigenvalue weighted by atomic mass is 16.5. The Kier molecular flexibility index (Phi) is 4.98. The molecule has 0 bridgehead atoms. The normalized spacial score (nSPS) is 11.2. The van der Waals surface area contributed by atoms with Crippen LogP contribution in [0.4, 0.5) is 0 Å². The number of oxime groups is 1. The molecule has 1 aromatic carbocycles. The maximum Gasteiger partial charge on any atom is 0.188 e. The lowest BCUT2D eigenvalue weighted by Crippen LogP contribution is -2.14. The Hall–Kier alpha value is -2.76. The molecule has 110 valence electrons. The molecule has 0 saturated carbocycles. The third-order valence-corrected chi connectivity index (χ3v) is 2.64. The Morgan fingerprint density at radius 1 is 1.29 bits per heavy atom. The van der Waals surface area contributed by atoms with Crippen LogP contribution in [-0.2, 0) is 0 Å². The first-order valence-electron chi connectivity index (χ1n) is 6.58. The van der Waals surface area contributed by atoms with E-state index in [1.807, 2.05) is 31.2 Å². The minimum atomic E-state index is -0.0732. The predicted octanol–water partition coefficient (Wildman–Crippen LogP) is 2.76. The van der Waals surface area contributed by atoms with Crippen molar-refractivity contribution in [1.29, 1.82) is 0 Å². The summed E-state index contributed by atoms with van der Waals surface area (Å²) >= 11 is 0. The minimum Gasteiger partial charge on any atom is -0.490 e. The molecule has 0 spiro atoms. The van der Waals surface area contributed by atoms with Crippen molar-refractivity contribution >= 4 is 5.84 Å². The van der Waals surface area contributed by atoms with Gasteiger partial charge in [-0.25, -0.2) is 0 Å². The molecule has 0 aliphatic heterocycles. The highest BCUT2D eigenvalue weighted by Gasteiger charge is 2.08. The van der Waals surface area contributed by atoms with E-state index in [-0.39, 0.29) is 5.84 Å². The van der Waals surface area contributed by atoms with Crippen LogP contribution >= 0.6 is 0 Å². The third-order valence-electron chi connectivity index (χ3n) is 2.64. The fourth-order valence-electron chi connectivity index (χ4n) is 1.66. The van der Waals surface area contributed by atoms with Gasteiger partial charge in [-0.15, -0.1) is 0 Å².